The molecule has 0 aliphatic heterocycles. The van der Waals surface area contributed by atoms with Crippen molar-refractivity contribution in [1.29, 1.82) is 0 Å². The molecule has 0 aliphatic rings. The molecule has 110 valence electrons. The molecule has 0 radical (unpaired) electrons. The predicted molar refractivity (Wildman–Crippen MR) is 82.7 cm³/mol. The van der Waals surface area contributed by atoms with E-state index in [1.54, 1.807) is 12.1 Å². The zero-order valence-electron chi connectivity index (χ0n) is 11.2. The number of fused-ring (bicyclic) bond motifs is 1. The van der Waals surface area contributed by atoms with Crippen molar-refractivity contribution in [3.8, 4) is 0 Å². The molecule has 1 N–H and O–H groups in total. The summed E-state index contributed by atoms with van der Waals surface area (Å²) in [6.45, 7) is 0. The van der Waals surface area contributed by atoms with Crippen molar-refractivity contribution in [2.75, 3.05) is 0 Å². The van der Waals surface area contributed by atoms with Gasteiger partial charge in [0.1, 0.15) is 11.4 Å². The topological polar surface area (TPSA) is 54.6 Å². The number of hydrazone groups is 1. The van der Waals surface area contributed by atoms with Crippen LogP contribution in [0.2, 0.25) is 5.02 Å². The molecule has 0 saturated carbocycles. The zero-order chi connectivity index (χ0) is 15.5. The van der Waals surface area contributed by atoms with Gasteiger partial charge >= 0.3 is 5.91 Å². The molecule has 4 nitrogen and oxygen atoms in total. The van der Waals surface area contributed by atoms with Gasteiger partial charge in [-0.2, -0.15) is 5.10 Å². The molecule has 0 aliphatic carbocycles. The van der Waals surface area contributed by atoms with Crippen LogP contribution in [-0.4, -0.2) is 12.1 Å². The Kier molecular flexibility index (Phi) is 3.89. The van der Waals surface area contributed by atoms with E-state index in [9.17, 15) is 9.18 Å². The van der Waals surface area contributed by atoms with E-state index in [0.29, 0.717) is 5.58 Å². The number of furan rings is 1. The van der Waals surface area contributed by atoms with Gasteiger partial charge in [0.15, 0.2) is 5.76 Å². The fourth-order valence-electron chi connectivity index (χ4n) is 1.94. The Morgan fingerprint density at radius 1 is 1.23 bits per heavy atom. The lowest BCUT2D eigenvalue weighted by molar-refractivity contribution is 0.0929. The van der Waals surface area contributed by atoms with Crippen LogP contribution < -0.4 is 5.43 Å². The second-order valence-electron chi connectivity index (χ2n) is 4.48. The molecular formula is C16H10ClFN2O2. The van der Waals surface area contributed by atoms with Crippen LogP contribution >= 0.6 is 11.6 Å². The summed E-state index contributed by atoms with van der Waals surface area (Å²) in [7, 11) is 0. The number of halogens is 2. The van der Waals surface area contributed by atoms with Gasteiger partial charge in [-0.15, -0.1) is 0 Å². The average molecular weight is 317 g/mol. The number of carbonyl (C=O) groups excluding carboxylic acids is 1. The third kappa shape index (κ3) is 2.84. The SMILES string of the molecule is O=C(NN=Cc1c(F)cccc1Cl)c1cc2ccccc2o1. The Morgan fingerprint density at radius 3 is 2.82 bits per heavy atom. The minimum atomic E-state index is -0.528. The second kappa shape index (κ2) is 5.99. The molecule has 1 amide bonds. The van der Waals surface area contributed by atoms with E-state index in [2.05, 4.69) is 10.5 Å². The quantitative estimate of drug-likeness (QED) is 0.587. The summed E-state index contributed by atoms with van der Waals surface area (Å²) in [5.74, 6) is -0.924. The fraction of sp³-hybridized carbons (Fsp3) is 0. The number of rotatable bonds is 3. The molecule has 22 heavy (non-hydrogen) atoms. The van der Waals surface area contributed by atoms with Gasteiger partial charge in [-0.3, -0.25) is 4.79 Å². The van der Waals surface area contributed by atoms with Crippen LogP contribution in [0.1, 0.15) is 16.1 Å². The summed E-state index contributed by atoms with van der Waals surface area (Å²) in [5, 5.41) is 4.72. The van der Waals surface area contributed by atoms with Crippen LogP contribution in [0.4, 0.5) is 4.39 Å². The van der Waals surface area contributed by atoms with Crippen LogP contribution in [0, 0.1) is 5.82 Å². The number of carbonyl (C=O) groups is 1. The van der Waals surface area contributed by atoms with Gasteiger partial charge in [0.2, 0.25) is 0 Å². The Morgan fingerprint density at radius 2 is 2.05 bits per heavy atom. The molecule has 0 saturated heterocycles. The highest BCUT2D eigenvalue weighted by molar-refractivity contribution is 6.33. The minimum absolute atomic E-state index is 0.106. The second-order valence-corrected chi connectivity index (χ2v) is 4.89. The minimum Gasteiger partial charge on any atom is -0.451 e. The number of nitrogens with zero attached hydrogens (tertiary/aromatic N) is 1. The third-order valence-corrected chi connectivity index (χ3v) is 3.34. The van der Waals surface area contributed by atoms with Crippen LogP contribution in [0.3, 0.4) is 0 Å². The molecule has 3 aromatic rings. The maximum Gasteiger partial charge on any atom is 0.307 e. The maximum absolute atomic E-state index is 13.5. The average Bonchev–Trinajstić information content (AvgIpc) is 2.94. The molecule has 1 heterocycles. The summed E-state index contributed by atoms with van der Waals surface area (Å²) in [6, 6.07) is 13.1. The summed E-state index contributed by atoms with van der Waals surface area (Å²) >= 11 is 5.85. The lowest BCUT2D eigenvalue weighted by atomic mass is 10.2. The molecule has 0 bridgehead atoms. The molecule has 0 spiro atoms. The zero-order valence-corrected chi connectivity index (χ0v) is 12.0. The van der Waals surface area contributed by atoms with E-state index < -0.39 is 11.7 Å². The number of para-hydroxylation sites is 1. The molecular weight excluding hydrogens is 307 g/mol. The summed E-state index contributed by atoms with van der Waals surface area (Å²) in [6.07, 6.45) is 1.15. The van der Waals surface area contributed by atoms with Gasteiger partial charge in [0.25, 0.3) is 0 Å². The maximum atomic E-state index is 13.5. The van der Waals surface area contributed by atoms with E-state index in [4.69, 9.17) is 16.0 Å². The van der Waals surface area contributed by atoms with Crippen molar-refractivity contribution in [2.24, 2.45) is 5.10 Å². The van der Waals surface area contributed by atoms with Crippen molar-refractivity contribution >= 4 is 34.7 Å². The van der Waals surface area contributed by atoms with Crippen molar-refractivity contribution < 1.29 is 13.6 Å². The van der Waals surface area contributed by atoms with E-state index in [1.807, 2.05) is 18.2 Å². The van der Waals surface area contributed by atoms with Gasteiger partial charge < -0.3 is 4.42 Å². The van der Waals surface area contributed by atoms with Crippen LogP contribution in [0.15, 0.2) is 58.0 Å². The van der Waals surface area contributed by atoms with Gasteiger partial charge in [-0.05, 0) is 24.3 Å². The first kappa shape index (κ1) is 14.3. The highest BCUT2D eigenvalue weighted by atomic mass is 35.5. The lowest BCUT2D eigenvalue weighted by Gasteiger charge is -1.99. The van der Waals surface area contributed by atoms with Crippen LogP contribution in [-0.2, 0) is 0 Å². The van der Waals surface area contributed by atoms with Crippen LogP contribution in [0.5, 0.6) is 0 Å². The standard InChI is InChI=1S/C16H10ClFN2O2/c17-12-5-3-6-13(18)11(12)9-19-20-16(21)15-8-10-4-1-2-7-14(10)22-15/h1-9H,(H,20,21). The number of nitrogens with one attached hydrogen (secondary N) is 1. The first-order chi connectivity index (χ1) is 10.6. The van der Waals surface area contributed by atoms with Crippen molar-refractivity contribution in [2.45, 2.75) is 0 Å². The summed E-state index contributed by atoms with van der Waals surface area (Å²) in [4.78, 5) is 11.9. The van der Waals surface area contributed by atoms with Gasteiger partial charge in [0.05, 0.1) is 11.2 Å². The number of amides is 1. The summed E-state index contributed by atoms with van der Waals surface area (Å²) < 4.78 is 18.9. The Labute approximate surface area is 130 Å². The number of benzene rings is 2. The van der Waals surface area contributed by atoms with E-state index in [1.165, 1.54) is 18.2 Å². The van der Waals surface area contributed by atoms with Crippen LogP contribution in [0.25, 0.3) is 11.0 Å². The lowest BCUT2D eigenvalue weighted by Crippen LogP contribution is -2.16. The molecule has 0 unspecified atom stereocenters. The van der Waals surface area contributed by atoms with Crippen molar-refractivity contribution in [3.63, 3.8) is 0 Å². The Hall–Kier alpha value is -2.66. The summed E-state index contributed by atoms with van der Waals surface area (Å²) in [5.41, 5.74) is 2.99. The first-order valence-corrected chi connectivity index (χ1v) is 6.79. The number of hydrogen-bond donors (Lipinski definition) is 1. The van der Waals surface area contributed by atoms with Crippen molar-refractivity contribution in [3.05, 3.63) is 70.7 Å². The van der Waals surface area contributed by atoms with Gasteiger partial charge in [-0.1, -0.05) is 35.9 Å². The molecule has 6 heteroatoms. The molecule has 2 aromatic carbocycles. The monoisotopic (exact) mass is 316 g/mol. The van der Waals surface area contributed by atoms with Crippen molar-refractivity contribution in [1.82, 2.24) is 5.43 Å². The van der Waals surface area contributed by atoms with Gasteiger partial charge in [0, 0.05) is 10.9 Å². The first-order valence-electron chi connectivity index (χ1n) is 6.41. The van der Waals surface area contributed by atoms with E-state index >= 15 is 0 Å². The predicted octanol–water partition coefficient (Wildman–Crippen LogP) is 3.99. The highest BCUT2D eigenvalue weighted by Crippen LogP contribution is 2.19. The van der Waals surface area contributed by atoms with E-state index in [-0.39, 0.29) is 16.3 Å². The largest absolute Gasteiger partial charge is 0.451 e. The smallest absolute Gasteiger partial charge is 0.307 e. The fourth-order valence-corrected chi connectivity index (χ4v) is 2.15. The van der Waals surface area contributed by atoms with Gasteiger partial charge in [-0.25, -0.2) is 9.82 Å². The normalized spacial score (nSPS) is 11.2. The Bertz CT molecular complexity index is 820. The molecule has 3 rings (SSSR count). The Balaban J connectivity index is 1.76. The number of hydrogen-bond acceptors (Lipinski definition) is 3. The molecule has 0 atom stereocenters. The third-order valence-electron chi connectivity index (χ3n) is 3.01. The highest BCUT2D eigenvalue weighted by Gasteiger charge is 2.11. The molecule has 0 fully saturated rings. The molecule has 1 aromatic heterocycles. The van der Waals surface area contributed by atoms with E-state index in [0.717, 1.165) is 11.6 Å².